The van der Waals surface area contributed by atoms with E-state index in [4.69, 9.17) is 9.47 Å². The number of amides is 1. The predicted molar refractivity (Wildman–Crippen MR) is 94.7 cm³/mol. The van der Waals surface area contributed by atoms with Gasteiger partial charge in [0, 0.05) is 5.56 Å². The van der Waals surface area contributed by atoms with Gasteiger partial charge in [0.1, 0.15) is 18.0 Å². The number of benzene rings is 2. The minimum atomic E-state index is -0.0393. The second kappa shape index (κ2) is 8.93. The molecule has 0 bridgehead atoms. The minimum Gasteiger partial charge on any atom is -0.497 e. The van der Waals surface area contributed by atoms with Gasteiger partial charge in [0.15, 0.2) is 6.54 Å². The largest absolute Gasteiger partial charge is 0.497 e. The zero-order valence-corrected chi connectivity index (χ0v) is 14.5. The number of para-hydroxylation sites is 2. The first-order valence-corrected chi connectivity index (χ1v) is 8.08. The fourth-order valence-corrected chi connectivity index (χ4v) is 2.51. The first kappa shape index (κ1) is 17.8. The Hall–Kier alpha value is -2.53. The first-order chi connectivity index (χ1) is 11.6. The Morgan fingerprint density at radius 3 is 2.71 bits per heavy atom. The molecule has 1 amide bonds. The molecule has 5 heteroatoms. The van der Waals surface area contributed by atoms with E-state index in [1.54, 1.807) is 7.11 Å². The van der Waals surface area contributed by atoms with Gasteiger partial charge in [0.25, 0.3) is 5.91 Å². The number of hydrogen-bond acceptors (Lipinski definition) is 3. The topological polar surface area (TPSA) is 52.0 Å². The third-order valence-electron chi connectivity index (χ3n) is 3.56. The number of methoxy groups -OCH3 is 1. The summed E-state index contributed by atoms with van der Waals surface area (Å²) in [5, 5.41) is 2.93. The fourth-order valence-electron chi connectivity index (χ4n) is 2.51. The molecule has 2 N–H and O–H groups in total. The lowest BCUT2D eigenvalue weighted by Crippen LogP contribution is -3.08. The van der Waals surface area contributed by atoms with Crippen LogP contribution in [0.5, 0.6) is 11.5 Å². The standard InChI is InChI=1S/C19H24N2O3/c1-4-24-18-11-6-5-10-17(18)20-19(22)14-21(2)13-15-8-7-9-16(12-15)23-3/h5-12H,4,13-14H2,1-3H3,(H,20,22)/p+1. The maximum atomic E-state index is 12.3. The van der Waals surface area contributed by atoms with E-state index >= 15 is 0 Å². The highest BCUT2D eigenvalue weighted by Crippen LogP contribution is 2.23. The Labute approximate surface area is 143 Å². The molecule has 2 rings (SSSR count). The van der Waals surface area contributed by atoms with Gasteiger partial charge >= 0.3 is 0 Å². The van der Waals surface area contributed by atoms with Gasteiger partial charge in [-0.15, -0.1) is 0 Å². The van der Waals surface area contributed by atoms with E-state index in [-0.39, 0.29) is 5.91 Å². The molecule has 1 unspecified atom stereocenters. The normalized spacial score (nSPS) is 11.6. The molecule has 0 aromatic heterocycles. The van der Waals surface area contributed by atoms with Crippen molar-refractivity contribution in [1.29, 1.82) is 0 Å². The van der Waals surface area contributed by atoms with E-state index in [9.17, 15) is 4.79 Å². The van der Waals surface area contributed by atoms with Crippen molar-refractivity contribution in [2.75, 3.05) is 32.6 Å². The molecule has 0 aliphatic rings. The van der Waals surface area contributed by atoms with Gasteiger partial charge in [-0.2, -0.15) is 0 Å². The van der Waals surface area contributed by atoms with Crippen LogP contribution in [0.4, 0.5) is 5.69 Å². The summed E-state index contributed by atoms with van der Waals surface area (Å²) in [4.78, 5) is 13.4. The maximum absolute atomic E-state index is 12.3. The number of hydrogen-bond donors (Lipinski definition) is 2. The second-order valence-corrected chi connectivity index (χ2v) is 5.64. The number of anilines is 1. The van der Waals surface area contributed by atoms with Crippen molar-refractivity contribution in [3.63, 3.8) is 0 Å². The van der Waals surface area contributed by atoms with Crippen LogP contribution in [0.1, 0.15) is 12.5 Å². The second-order valence-electron chi connectivity index (χ2n) is 5.64. The molecule has 0 heterocycles. The van der Waals surface area contributed by atoms with Crippen molar-refractivity contribution in [1.82, 2.24) is 0 Å². The van der Waals surface area contributed by atoms with E-state index in [1.807, 2.05) is 62.5 Å². The van der Waals surface area contributed by atoms with Crippen LogP contribution in [0.15, 0.2) is 48.5 Å². The number of rotatable bonds is 8. The molecule has 0 fully saturated rings. The van der Waals surface area contributed by atoms with Crippen LogP contribution in [0.3, 0.4) is 0 Å². The summed E-state index contributed by atoms with van der Waals surface area (Å²) in [6.07, 6.45) is 0. The third kappa shape index (κ3) is 5.28. The molecule has 2 aromatic carbocycles. The Bertz CT molecular complexity index is 673. The molecule has 0 spiro atoms. The van der Waals surface area contributed by atoms with Gasteiger partial charge in [0.05, 0.1) is 26.5 Å². The summed E-state index contributed by atoms with van der Waals surface area (Å²) < 4.78 is 10.8. The molecule has 128 valence electrons. The van der Waals surface area contributed by atoms with Crippen LogP contribution in [0.2, 0.25) is 0 Å². The summed E-state index contributed by atoms with van der Waals surface area (Å²) in [6.45, 7) is 3.61. The van der Waals surface area contributed by atoms with Crippen LogP contribution >= 0.6 is 0 Å². The van der Waals surface area contributed by atoms with Crippen LogP contribution < -0.4 is 19.7 Å². The molecular formula is C19H25N2O3+. The molecule has 0 aliphatic carbocycles. The average Bonchev–Trinajstić information content (AvgIpc) is 2.56. The van der Waals surface area contributed by atoms with E-state index in [0.29, 0.717) is 24.6 Å². The Balaban J connectivity index is 1.92. The molecule has 0 saturated heterocycles. The third-order valence-corrected chi connectivity index (χ3v) is 3.56. The molecular weight excluding hydrogens is 304 g/mol. The van der Waals surface area contributed by atoms with E-state index < -0.39 is 0 Å². The van der Waals surface area contributed by atoms with Gasteiger partial charge in [-0.1, -0.05) is 24.3 Å². The van der Waals surface area contributed by atoms with Crippen molar-refractivity contribution in [3.8, 4) is 11.5 Å². The van der Waals surface area contributed by atoms with Crippen molar-refractivity contribution < 1.29 is 19.2 Å². The van der Waals surface area contributed by atoms with Gasteiger partial charge in [0.2, 0.25) is 0 Å². The van der Waals surface area contributed by atoms with Crippen LogP contribution in [0.25, 0.3) is 0 Å². The fraction of sp³-hybridized carbons (Fsp3) is 0.316. The quantitative estimate of drug-likeness (QED) is 0.776. The number of carbonyl (C=O) groups is 1. The number of carbonyl (C=O) groups excluding carboxylic acids is 1. The lowest BCUT2D eigenvalue weighted by Gasteiger charge is -2.15. The average molecular weight is 329 g/mol. The molecule has 1 atom stereocenters. The highest BCUT2D eigenvalue weighted by atomic mass is 16.5. The Kier molecular flexibility index (Phi) is 6.63. The van der Waals surface area contributed by atoms with E-state index in [1.165, 1.54) is 0 Å². The van der Waals surface area contributed by atoms with Gasteiger partial charge < -0.3 is 19.7 Å². The highest BCUT2D eigenvalue weighted by molar-refractivity contribution is 5.92. The lowest BCUT2D eigenvalue weighted by atomic mass is 10.2. The summed E-state index contributed by atoms with van der Waals surface area (Å²) in [5.41, 5.74) is 1.84. The summed E-state index contributed by atoms with van der Waals surface area (Å²) in [7, 11) is 3.65. The SMILES string of the molecule is CCOc1ccccc1NC(=O)C[NH+](C)Cc1cccc(OC)c1. The zero-order chi connectivity index (χ0) is 17.4. The van der Waals surface area contributed by atoms with Crippen molar-refractivity contribution in [2.45, 2.75) is 13.5 Å². The van der Waals surface area contributed by atoms with Crippen molar-refractivity contribution in [3.05, 3.63) is 54.1 Å². The Morgan fingerprint density at radius 2 is 1.96 bits per heavy atom. The minimum absolute atomic E-state index is 0.0393. The summed E-state index contributed by atoms with van der Waals surface area (Å²) in [6, 6.07) is 15.4. The monoisotopic (exact) mass is 329 g/mol. The smallest absolute Gasteiger partial charge is 0.279 e. The summed E-state index contributed by atoms with van der Waals surface area (Å²) in [5.74, 6) is 1.48. The zero-order valence-electron chi connectivity index (χ0n) is 14.5. The van der Waals surface area contributed by atoms with Crippen molar-refractivity contribution >= 4 is 11.6 Å². The number of ether oxygens (including phenoxy) is 2. The van der Waals surface area contributed by atoms with Crippen molar-refractivity contribution in [2.24, 2.45) is 0 Å². The first-order valence-electron chi connectivity index (χ1n) is 8.08. The predicted octanol–water partition coefficient (Wildman–Crippen LogP) is 1.75. The molecule has 5 nitrogen and oxygen atoms in total. The summed E-state index contributed by atoms with van der Waals surface area (Å²) >= 11 is 0. The molecule has 0 radical (unpaired) electrons. The number of likely N-dealkylation sites (N-methyl/N-ethyl adjacent to an activating group) is 1. The highest BCUT2D eigenvalue weighted by Gasteiger charge is 2.13. The maximum Gasteiger partial charge on any atom is 0.279 e. The van der Waals surface area contributed by atoms with Crippen LogP contribution in [-0.4, -0.2) is 33.2 Å². The molecule has 0 saturated carbocycles. The van der Waals surface area contributed by atoms with Gasteiger partial charge in [-0.25, -0.2) is 0 Å². The number of nitrogens with one attached hydrogen (secondary N) is 2. The molecule has 0 aliphatic heterocycles. The van der Waals surface area contributed by atoms with Crippen LogP contribution in [-0.2, 0) is 11.3 Å². The lowest BCUT2D eigenvalue weighted by molar-refractivity contribution is -0.885. The van der Waals surface area contributed by atoms with E-state index in [2.05, 4.69) is 5.32 Å². The Morgan fingerprint density at radius 1 is 1.17 bits per heavy atom. The van der Waals surface area contributed by atoms with E-state index in [0.717, 1.165) is 22.8 Å². The molecule has 2 aromatic rings. The van der Waals surface area contributed by atoms with Gasteiger partial charge in [-0.3, -0.25) is 4.79 Å². The number of quaternary nitrogens is 1. The van der Waals surface area contributed by atoms with Gasteiger partial charge in [-0.05, 0) is 31.2 Å². The van der Waals surface area contributed by atoms with Crippen LogP contribution in [0, 0.1) is 0 Å². The molecule has 24 heavy (non-hydrogen) atoms.